The summed E-state index contributed by atoms with van der Waals surface area (Å²) in [6.07, 6.45) is 5.53. The largest absolute Gasteiger partial charge is 0.352 e. The van der Waals surface area contributed by atoms with Crippen molar-refractivity contribution in [2.75, 3.05) is 5.75 Å². The maximum absolute atomic E-state index is 13.2. The summed E-state index contributed by atoms with van der Waals surface area (Å²) < 4.78 is 0. The monoisotopic (exact) mass is 492 g/mol. The lowest BCUT2D eigenvalue weighted by molar-refractivity contribution is -0.139. The van der Waals surface area contributed by atoms with E-state index in [4.69, 9.17) is 23.2 Å². The minimum atomic E-state index is -0.565. The summed E-state index contributed by atoms with van der Waals surface area (Å²) in [6, 6.07) is 14.7. The molecule has 1 N–H and O–H groups in total. The van der Waals surface area contributed by atoms with Gasteiger partial charge in [0.1, 0.15) is 6.04 Å². The Labute approximate surface area is 205 Å². The summed E-state index contributed by atoms with van der Waals surface area (Å²) >= 11 is 13.9. The first-order valence-electron chi connectivity index (χ1n) is 11.1. The van der Waals surface area contributed by atoms with E-state index in [0.29, 0.717) is 22.3 Å². The summed E-state index contributed by atoms with van der Waals surface area (Å²) in [4.78, 5) is 27.9. The van der Waals surface area contributed by atoms with Crippen LogP contribution in [0, 0.1) is 0 Å². The van der Waals surface area contributed by atoms with Gasteiger partial charge in [0, 0.05) is 28.4 Å². The van der Waals surface area contributed by atoms with E-state index in [2.05, 4.69) is 5.32 Å². The molecule has 0 bridgehead atoms. The Hall–Kier alpha value is -1.69. The molecule has 0 heterocycles. The first kappa shape index (κ1) is 24.9. The fourth-order valence-corrected chi connectivity index (χ4v) is 5.34. The van der Waals surface area contributed by atoms with E-state index >= 15 is 0 Å². The van der Waals surface area contributed by atoms with Crippen LogP contribution in [-0.4, -0.2) is 34.6 Å². The average molecular weight is 494 g/mol. The number of carbonyl (C=O) groups excluding carboxylic acids is 2. The average Bonchev–Trinajstić information content (AvgIpc) is 2.79. The highest BCUT2D eigenvalue weighted by atomic mass is 35.5. The Balaban J connectivity index is 1.66. The zero-order valence-corrected chi connectivity index (χ0v) is 20.7. The summed E-state index contributed by atoms with van der Waals surface area (Å²) in [5, 5.41) is 4.47. The van der Waals surface area contributed by atoms with Crippen LogP contribution in [0.2, 0.25) is 10.0 Å². The fraction of sp³-hybridized carbons (Fsp3) is 0.440. The van der Waals surface area contributed by atoms with E-state index < -0.39 is 6.04 Å². The molecular weight excluding hydrogens is 463 g/mol. The Morgan fingerprint density at radius 1 is 1.09 bits per heavy atom. The van der Waals surface area contributed by atoms with Crippen LogP contribution in [0.4, 0.5) is 0 Å². The molecule has 7 heteroatoms. The molecule has 1 saturated carbocycles. The van der Waals surface area contributed by atoms with Gasteiger partial charge < -0.3 is 10.2 Å². The van der Waals surface area contributed by atoms with Gasteiger partial charge in [-0.25, -0.2) is 0 Å². The third kappa shape index (κ3) is 7.43. The van der Waals surface area contributed by atoms with Gasteiger partial charge in [0.2, 0.25) is 11.8 Å². The fourth-order valence-electron chi connectivity index (χ4n) is 3.93. The van der Waals surface area contributed by atoms with Crippen LogP contribution in [0.15, 0.2) is 48.5 Å². The van der Waals surface area contributed by atoms with Gasteiger partial charge in [0.15, 0.2) is 0 Å². The van der Waals surface area contributed by atoms with E-state index in [9.17, 15) is 9.59 Å². The summed E-state index contributed by atoms with van der Waals surface area (Å²) in [7, 11) is 0. The van der Waals surface area contributed by atoms with E-state index in [1.165, 1.54) is 18.2 Å². The molecule has 1 aliphatic rings. The Bertz CT molecular complexity index is 918. The smallest absolute Gasteiger partial charge is 0.242 e. The maximum Gasteiger partial charge on any atom is 0.242 e. The van der Waals surface area contributed by atoms with Crippen molar-refractivity contribution < 1.29 is 9.59 Å². The van der Waals surface area contributed by atoms with Gasteiger partial charge in [-0.3, -0.25) is 9.59 Å². The van der Waals surface area contributed by atoms with Crippen molar-refractivity contribution in [2.45, 2.75) is 63.4 Å². The molecule has 1 atom stereocenters. The normalized spacial score (nSPS) is 15.2. The minimum Gasteiger partial charge on any atom is -0.352 e. The lowest BCUT2D eigenvalue weighted by Gasteiger charge is -2.31. The van der Waals surface area contributed by atoms with Gasteiger partial charge >= 0.3 is 0 Å². The van der Waals surface area contributed by atoms with Crippen LogP contribution in [0.3, 0.4) is 0 Å². The lowest BCUT2D eigenvalue weighted by Crippen LogP contribution is -2.50. The molecule has 0 radical (unpaired) electrons. The molecule has 32 heavy (non-hydrogen) atoms. The predicted octanol–water partition coefficient (Wildman–Crippen LogP) is 6.09. The van der Waals surface area contributed by atoms with Crippen molar-refractivity contribution in [1.29, 1.82) is 0 Å². The third-order valence-electron chi connectivity index (χ3n) is 5.80. The number of nitrogens with zero attached hydrogens (tertiary/aromatic N) is 1. The Kier molecular flexibility index (Phi) is 9.76. The van der Waals surface area contributed by atoms with E-state index in [-0.39, 0.29) is 23.6 Å². The molecule has 0 unspecified atom stereocenters. The number of benzene rings is 2. The predicted molar refractivity (Wildman–Crippen MR) is 134 cm³/mol. The number of nitrogens with one attached hydrogen (secondary N) is 1. The second-order valence-corrected chi connectivity index (χ2v) is 10.1. The van der Waals surface area contributed by atoms with Gasteiger partial charge in [-0.05, 0) is 49.1 Å². The SMILES string of the molecule is C[C@H](C(=O)NC1CCCCC1)N(Cc1cccc(Cl)c1)C(=O)CSCc1ccccc1Cl. The topological polar surface area (TPSA) is 49.4 Å². The number of halogens is 2. The molecule has 0 aromatic heterocycles. The second-order valence-electron chi connectivity index (χ2n) is 8.26. The Morgan fingerprint density at radius 2 is 1.84 bits per heavy atom. The van der Waals surface area contributed by atoms with Crippen LogP contribution >= 0.6 is 35.0 Å². The van der Waals surface area contributed by atoms with Crippen molar-refractivity contribution in [3.8, 4) is 0 Å². The molecule has 4 nitrogen and oxygen atoms in total. The highest BCUT2D eigenvalue weighted by Crippen LogP contribution is 2.22. The molecule has 0 saturated heterocycles. The molecule has 2 amide bonds. The molecule has 2 aromatic carbocycles. The quantitative estimate of drug-likeness (QED) is 0.460. The van der Waals surface area contributed by atoms with Gasteiger partial charge in [-0.2, -0.15) is 0 Å². The number of amides is 2. The van der Waals surface area contributed by atoms with E-state index in [0.717, 1.165) is 36.8 Å². The molecule has 2 aromatic rings. The zero-order valence-electron chi connectivity index (χ0n) is 18.4. The molecule has 3 rings (SSSR count). The van der Waals surface area contributed by atoms with Gasteiger partial charge in [0.25, 0.3) is 0 Å². The summed E-state index contributed by atoms with van der Waals surface area (Å²) in [5.74, 6) is 0.739. The van der Waals surface area contributed by atoms with Crippen molar-refractivity contribution in [3.63, 3.8) is 0 Å². The maximum atomic E-state index is 13.2. The van der Waals surface area contributed by atoms with Crippen molar-refractivity contribution >= 4 is 46.8 Å². The standard InChI is InChI=1S/C25H30Cl2N2O2S/c1-18(25(31)28-22-11-3-2-4-12-22)29(15-19-8-7-10-21(26)14-19)24(30)17-32-16-20-9-5-6-13-23(20)27/h5-10,13-14,18,22H,2-4,11-12,15-17H2,1H3,(H,28,31)/t18-/m1/s1. The second kappa shape index (κ2) is 12.5. The molecular formula is C25H30Cl2N2O2S. The van der Waals surface area contributed by atoms with Gasteiger partial charge in [0.05, 0.1) is 5.75 Å². The van der Waals surface area contributed by atoms with E-state index in [1.54, 1.807) is 17.9 Å². The molecule has 0 aliphatic heterocycles. The lowest BCUT2D eigenvalue weighted by atomic mass is 9.95. The molecule has 1 fully saturated rings. The van der Waals surface area contributed by atoms with Gasteiger partial charge in [-0.1, -0.05) is 72.8 Å². The number of rotatable bonds is 9. The first-order valence-corrected chi connectivity index (χ1v) is 13.0. The van der Waals surface area contributed by atoms with Crippen molar-refractivity contribution in [1.82, 2.24) is 10.2 Å². The summed E-state index contributed by atoms with van der Waals surface area (Å²) in [5.41, 5.74) is 1.90. The third-order valence-corrected chi connectivity index (χ3v) is 7.37. The number of carbonyl (C=O) groups is 2. The van der Waals surface area contributed by atoms with Crippen LogP contribution in [0.5, 0.6) is 0 Å². The Morgan fingerprint density at radius 3 is 2.56 bits per heavy atom. The minimum absolute atomic E-state index is 0.0756. The zero-order chi connectivity index (χ0) is 22.9. The number of hydrogen-bond donors (Lipinski definition) is 1. The van der Waals surface area contributed by atoms with Crippen molar-refractivity contribution in [3.05, 3.63) is 69.7 Å². The van der Waals surface area contributed by atoms with Crippen LogP contribution in [-0.2, 0) is 21.9 Å². The number of thioether (sulfide) groups is 1. The molecule has 1 aliphatic carbocycles. The van der Waals surface area contributed by atoms with E-state index in [1.807, 2.05) is 42.5 Å². The van der Waals surface area contributed by atoms with Crippen LogP contribution < -0.4 is 5.32 Å². The highest BCUT2D eigenvalue weighted by Gasteiger charge is 2.28. The number of hydrogen-bond acceptors (Lipinski definition) is 3. The van der Waals surface area contributed by atoms with Gasteiger partial charge in [-0.15, -0.1) is 11.8 Å². The van der Waals surface area contributed by atoms with Crippen LogP contribution in [0.25, 0.3) is 0 Å². The first-order chi connectivity index (χ1) is 15.4. The molecule has 172 valence electrons. The van der Waals surface area contributed by atoms with Crippen molar-refractivity contribution in [2.24, 2.45) is 0 Å². The van der Waals surface area contributed by atoms with Crippen LogP contribution in [0.1, 0.15) is 50.2 Å². The molecule has 0 spiro atoms. The summed E-state index contributed by atoms with van der Waals surface area (Å²) in [6.45, 7) is 2.14. The highest BCUT2D eigenvalue weighted by molar-refractivity contribution is 7.99.